The van der Waals surface area contributed by atoms with Crippen molar-refractivity contribution in [3.05, 3.63) is 0 Å². The Kier molecular flexibility index (Phi) is 5.24. The maximum atomic E-state index is 10.4. The van der Waals surface area contributed by atoms with E-state index in [1.54, 1.807) is 0 Å². The summed E-state index contributed by atoms with van der Waals surface area (Å²) in [5.41, 5.74) is -0.558. The van der Waals surface area contributed by atoms with E-state index < -0.39 is 5.60 Å². The van der Waals surface area contributed by atoms with E-state index >= 15 is 0 Å². The summed E-state index contributed by atoms with van der Waals surface area (Å²) < 4.78 is 0. The molecule has 0 bridgehead atoms. The molecule has 22 heavy (non-hydrogen) atoms. The molecule has 0 radical (unpaired) electrons. The fraction of sp³-hybridized carbons (Fsp3) is 0.941. The van der Waals surface area contributed by atoms with Crippen LogP contribution in [-0.4, -0.2) is 59.8 Å². The van der Waals surface area contributed by atoms with Gasteiger partial charge in [-0.2, -0.15) is 0 Å². The maximum absolute atomic E-state index is 10.4. The van der Waals surface area contributed by atoms with Gasteiger partial charge in [0, 0.05) is 31.7 Å². The second-order valence-electron chi connectivity index (χ2n) is 7.31. The van der Waals surface area contributed by atoms with Crippen molar-refractivity contribution in [1.29, 1.82) is 0 Å². The molecule has 3 rings (SSSR count). The van der Waals surface area contributed by atoms with E-state index in [4.69, 9.17) is 0 Å². The molecule has 0 aromatic rings. The van der Waals surface area contributed by atoms with E-state index in [0.717, 1.165) is 44.2 Å². The largest absolute Gasteiger partial charge is 0.388 e. The third-order valence-electron chi connectivity index (χ3n) is 5.34. The predicted molar refractivity (Wildman–Crippen MR) is 90.1 cm³/mol. The molecule has 126 valence electrons. The van der Waals surface area contributed by atoms with Gasteiger partial charge in [-0.15, -0.1) is 0 Å². The van der Waals surface area contributed by atoms with Crippen molar-refractivity contribution in [3.63, 3.8) is 0 Å². The SMILES string of the molecule is CCNC(=NCC1(O)CCCC1)NC1CCN(C2CC2)CC1. The molecule has 0 atom stereocenters. The monoisotopic (exact) mass is 308 g/mol. The van der Waals surface area contributed by atoms with Gasteiger partial charge in [-0.05, 0) is 45.4 Å². The van der Waals surface area contributed by atoms with Crippen LogP contribution in [0.5, 0.6) is 0 Å². The number of piperidine rings is 1. The van der Waals surface area contributed by atoms with Crippen LogP contribution in [0.4, 0.5) is 0 Å². The van der Waals surface area contributed by atoms with Crippen LogP contribution < -0.4 is 10.6 Å². The van der Waals surface area contributed by atoms with Crippen molar-refractivity contribution in [2.24, 2.45) is 4.99 Å². The molecule has 0 aromatic heterocycles. The number of aliphatic imine (C=N–C) groups is 1. The average Bonchev–Trinajstić information content (AvgIpc) is 3.28. The first-order chi connectivity index (χ1) is 10.7. The number of hydrogen-bond donors (Lipinski definition) is 3. The van der Waals surface area contributed by atoms with Gasteiger partial charge in [-0.3, -0.25) is 4.99 Å². The Hall–Kier alpha value is -0.810. The predicted octanol–water partition coefficient (Wildman–Crippen LogP) is 1.47. The van der Waals surface area contributed by atoms with Crippen molar-refractivity contribution in [2.75, 3.05) is 26.2 Å². The summed E-state index contributed by atoms with van der Waals surface area (Å²) in [6, 6.07) is 1.41. The van der Waals surface area contributed by atoms with Gasteiger partial charge in [0.2, 0.25) is 0 Å². The number of rotatable bonds is 5. The normalized spacial score (nSPS) is 27.1. The molecule has 2 aliphatic carbocycles. The maximum Gasteiger partial charge on any atom is 0.191 e. The van der Waals surface area contributed by atoms with Crippen molar-refractivity contribution in [2.45, 2.75) is 76.0 Å². The van der Waals surface area contributed by atoms with Gasteiger partial charge < -0.3 is 20.6 Å². The van der Waals surface area contributed by atoms with Crippen LogP contribution in [-0.2, 0) is 0 Å². The van der Waals surface area contributed by atoms with E-state index in [0.29, 0.717) is 12.6 Å². The Morgan fingerprint density at radius 2 is 1.86 bits per heavy atom. The molecule has 3 fully saturated rings. The summed E-state index contributed by atoms with van der Waals surface area (Å²) in [5.74, 6) is 0.882. The minimum atomic E-state index is -0.558. The highest BCUT2D eigenvalue weighted by atomic mass is 16.3. The molecular weight excluding hydrogens is 276 g/mol. The van der Waals surface area contributed by atoms with Gasteiger partial charge in [0.1, 0.15) is 0 Å². The molecule has 3 N–H and O–H groups in total. The van der Waals surface area contributed by atoms with Crippen LogP contribution >= 0.6 is 0 Å². The zero-order valence-corrected chi connectivity index (χ0v) is 14.0. The lowest BCUT2D eigenvalue weighted by Crippen LogP contribution is -2.49. The summed E-state index contributed by atoms with van der Waals surface area (Å²) in [6.45, 7) is 5.92. The fourth-order valence-corrected chi connectivity index (χ4v) is 3.78. The molecule has 1 saturated heterocycles. The first kappa shape index (κ1) is 16.1. The number of aliphatic hydroxyl groups is 1. The van der Waals surface area contributed by atoms with E-state index in [1.807, 2.05) is 0 Å². The van der Waals surface area contributed by atoms with Crippen molar-refractivity contribution < 1.29 is 5.11 Å². The van der Waals surface area contributed by atoms with Gasteiger partial charge in [-0.25, -0.2) is 0 Å². The molecule has 1 heterocycles. The summed E-state index contributed by atoms with van der Waals surface area (Å²) >= 11 is 0. The zero-order chi connectivity index (χ0) is 15.4. The number of hydrogen-bond acceptors (Lipinski definition) is 3. The molecule has 0 unspecified atom stereocenters. The van der Waals surface area contributed by atoms with Crippen molar-refractivity contribution >= 4 is 5.96 Å². The lowest BCUT2D eigenvalue weighted by Gasteiger charge is -2.33. The second-order valence-corrected chi connectivity index (χ2v) is 7.31. The number of nitrogens with zero attached hydrogens (tertiary/aromatic N) is 2. The molecular formula is C17H32N4O. The number of likely N-dealkylation sites (tertiary alicyclic amines) is 1. The van der Waals surface area contributed by atoms with Crippen LogP contribution in [0.1, 0.15) is 58.3 Å². The van der Waals surface area contributed by atoms with E-state index in [-0.39, 0.29) is 0 Å². The molecule has 0 spiro atoms. The van der Waals surface area contributed by atoms with Crippen LogP contribution in [0.25, 0.3) is 0 Å². The Balaban J connectivity index is 1.48. The first-order valence-corrected chi connectivity index (χ1v) is 9.20. The fourth-order valence-electron chi connectivity index (χ4n) is 3.78. The van der Waals surface area contributed by atoms with Crippen LogP contribution in [0.15, 0.2) is 4.99 Å². The van der Waals surface area contributed by atoms with Gasteiger partial charge in [-0.1, -0.05) is 12.8 Å². The van der Waals surface area contributed by atoms with Crippen LogP contribution in [0, 0.1) is 0 Å². The topological polar surface area (TPSA) is 59.9 Å². The highest BCUT2D eigenvalue weighted by Gasteiger charge is 2.33. The number of nitrogens with one attached hydrogen (secondary N) is 2. The quantitative estimate of drug-likeness (QED) is 0.532. The molecule has 0 amide bonds. The third kappa shape index (κ3) is 4.35. The smallest absolute Gasteiger partial charge is 0.191 e. The third-order valence-corrected chi connectivity index (χ3v) is 5.34. The Bertz CT molecular complexity index is 380. The molecule has 5 heteroatoms. The molecule has 2 saturated carbocycles. The van der Waals surface area contributed by atoms with Crippen LogP contribution in [0.3, 0.4) is 0 Å². The number of guanidine groups is 1. The highest BCUT2D eigenvalue weighted by molar-refractivity contribution is 5.80. The van der Waals surface area contributed by atoms with E-state index in [2.05, 4.69) is 27.4 Å². The van der Waals surface area contributed by atoms with Crippen molar-refractivity contribution in [1.82, 2.24) is 15.5 Å². The molecule has 3 aliphatic rings. The standard InChI is InChI=1S/C17H32N4O/c1-2-18-16(19-13-17(22)9-3-4-10-17)20-14-7-11-21(12-8-14)15-5-6-15/h14-15,22H,2-13H2,1H3,(H2,18,19,20). The Morgan fingerprint density at radius 1 is 1.18 bits per heavy atom. The first-order valence-electron chi connectivity index (χ1n) is 9.20. The average molecular weight is 308 g/mol. The summed E-state index contributed by atoms with van der Waals surface area (Å²) in [5, 5.41) is 17.4. The highest BCUT2D eigenvalue weighted by Crippen LogP contribution is 2.30. The van der Waals surface area contributed by atoms with Gasteiger partial charge in [0.15, 0.2) is 5.96 Å². The lowest BCUT2D eigenvalue weighted by atomic mass is 10.0. The van der Waals surface area contributed by atoms with E-state index in [1.165, 1.54) is 38.8 Å². The molecule has 5 nitrogen and oxygen atoms in total. The van der Waals surface area contributed by atoms with Gasteiger partial charge >= 0.3 is 0 Å². The summed E-state index contributed by atoms with van der Waals surface area (Å²) in [6.07, 6.45) is 9.27. The lowest BCUT2D eigenvalue weighted by molar-refractivity contribution is 0.0573. The van der Waals surface area contributed by atoms with Gasteiger partial charge in [0.05, 0.1) is 12.1 Å². The van der Waals surface area contributed by atoms with Gasteiger partial charge in [0.25, 0.3) is 0 Å². The Labute approximate surface area is 134 Å². The molecule has 1 aliphatic heterocycles. The Morgan fingerprint density at radius 3 is 2.45 bits per heavy atom. The second kappa shape index (κ2) is 7.18. The minimum Gasteiger partial charge on any atom is -0.388 e. The molecule has 0 aromatic carbocycles. The minimum absolute atomic E-state index is 0.519. The zero-order valence-electron chi connectivity index (χ0n) is 14.0. The van der Waals surface area contributed by atoms with E-state index in [9.17, 15) is 5.11 Å². The summed E-state index contributed by atoms with van der Waals surface area (Å²) in [7, 11) is 0. The van der Waals surface area contributed by atoms with Crippen molar-refractivity contribution in [3.8, 4) is 0 Å². The van der Waals surface area contributed by atoms with Crippen LogP contribution in [0.2, 0.25) is 0 Å². The summed E-state index contributed by atoms with van der Waals surface area (Å²) in [4.78, 5) is 7.30.